The number of carbonyl (C=O) groups is 2. The SMILES string of the molecule is NCCC(=O)NC1CCC(CC(=O)c2ccc(Cl)cc2C(F)(F)F)CC1. The van der Waals surface area contributed by atoms with Gasteiger partial charge in [-0.15, -0.1) is 0 Å². The molecule has 0 spiro atoms. The number of alkyl halides is 3. The molecule has 0 heterocycles. The topological polar surface area (TPSA) is 72.2 Å². The third-order valence-corrected chi connectivity index (χ3v) is 4.88. The molecule has 1 aromatic carbocycles. The average Bonchev–Trinajstić information content (AvgIpc) is 2.56. The maximum atomic E-state index is 13.1. The number of nitrogens with two attached hydrogens (primary N) is 1. The number of ketones is 1. The summed E-state index contributed by atoms with van der Waals surface area (Å²) in [6.07, 6.45) is -1.49. The summed E-state index contributed by atoms with van der Waals surface area (Å²) in [5.41, 5.74) is 4.01. The highest BCUT2D eigenvalue weighted by Crippen LogP contribution is 2.36. The minimum Gasteiger partial charge on any atom is -0.353 e. The fourth-order valence-electron chi connectivity index (χ4n) is 3.31. The van der Waals surface area contributed by atoms with Gasteiger partial charge in [-0.05, 0) is 49.8 Å². The number of halogens is 4. The molecule has 1 aliphatic carbocycles. The summed E-state index contributed by atoms with van der Waals surface area (Å²) < 4.78 is 39.4. The van der Waals surface area contributed by atoms with E-state index in [4.69, 9.17) is 17.3 Å². The molecule has 0 radical (unpaired) electrons. The molecule has 8 heteroatoms. The minimum absolute atomic E-state index is 0.0157. The molecular weight excluding hydrogens is 369 g/mol. The molecule has 0 bridgehead atoms. The Kier molecular flexibility index (Phi) is 7.06. The van der Waals surface area contributed by atoms with Gasteiger partial charge >= 0.3 is 6.18 Å². The summed E-state index contributed by atoms with van der Waals surface area (Å²) in [6, 6.07) is 3.28. The van der Waals surface area contributed by atoms with Crippen molar-refractivity contribution < 1.29 is 22.8 Å². The monoisotopic (exact) mass is 390 g/mol. The van der Waals surface area contributed by atoms with E-state index in [0.29, 0.717) is 25.7 Å². The second-order valence-corrected chi connectivity index (χ2v) is 7.08. The largest absolute Gasteiger partial charge is 0.417 e. The lowest BCUT2D eigenvalue weighted by Gasteiger charge is -2.29. The van der Waals surface area contributed by atoms with Gasteiger partial charge in [0.25, 0.3) is 0 Å². The Morgan fingerprint density at radius 1 is 1.19 bits per heavy atom. The van der Waals surface area contributed by atoms with Gasteiger partial charge in [-0.25, -0.2) is 0 Å². The van der Waals surface area contributed by atoms with E-state index in [2.05, 4.69) is 5.32 Å². The zero-order valence-corrected chi connectivity index (χ0v) is 15.0. The van der Waals surface area contributed by atoms with Crippen molar-refractivity contribution in [1.29, 1.82) is 0 Å². The van der Waals surface area contributed by atoms with Gasteiger partial charge in [0.1, 0.15) is 0 Å². The fourth-order valence-corrected chi connectivity index (χ4v) is 3.48. The van der Waals surface area contributed by atoms with Gasteiger partial charge in [0, 0.05) is 36.0 Å². The molecule has 26 heavy (non-hydrogen) atoms. The molecular formula is C18H22ClF3N2O2. The minimum atomic E-state index is -4.62. The maximum Gasteiger partial charge on any atom is 0.417 e. The van der Waals surface area contributed by atoms with E-state index in [1.165, 1.54) is 6.07 Å². The summed E-state index contributed by atoms with van der Waals surface area (Å²) >= 11 is 5.65. The first-order chi connectivity index (χ1) is 12.2. The Labute approximate surface area is 155 Å². The van der Waals surface area contributed by atoms with E-state index in [0.717, 1.165) is 12.1 Å². The van der Waals surface area contributed by atoms with E-state index in [1.54, 1.807) is 0 Å². The van der Waals surface area contributed by atoms with E-state index in [1.807, 2.05) is 0 Å². The smallest absolute Gasteiger partial charge is 0.353 e. The molecule has 3 N–H and O–H groups in total. The lowest BCUT2D eigenvalue weighted by molar-refractivity contribution is -0.138. The van der Waals surface area contributed by atoms with Gasteiger partial charge in [-0.3, -0.25) is 9.59 Å². The molecule has 4 nitrogen and oxygen atoms in total. The molecule has 1 fully saturated rings. The van der Waals surface area contributed by atoms with Crippen molar-refractivity contribution in [2.45, 2.75) is 50.7 Å². The Morgan fingerprint density at radius 3 is 2.42 bits per heavy atom. The van der Waals surface area contributed by atoms with Crippen LogP contribution in [0.25, 0.3) is 0 Å². The van der Waals surface area contributed by atoms with Gasteiger partial charge < -0.3 is 11.1 Å². The molecule has 1 saturated carbocycles. The van der Waals surface area contributed by atoms with E-state index in [-0.39, 0.29) is 47.8 Å². The van der Waals surface area contributed by atoms with Crippen LogP contribution >= 0.6 is 11.6 Å². The standard InChI is InChI=1S/C18H22ClF3N2O2/c19-12-3-6-14(15(10-12)18(20,21)22)16(25)9-11-1-4-13(5-2-11)24-17(26)7-8-23/h3,6,10-11,13H,1-2,4-5,7-9,23H2,(H,24,26). The van der Waals surface area contributed by atoms with Gasteiger partial charge in [-0.2, -0.15) is 13.2 Å². The van der Waals surface area contributed by atoms with Crippen molar-refractivity contribution in [2.24, 2.45) is 11.7 Å². The molecule has 0 saturated heterocycles. The first-order valence-electron chi connectivity index (χ1n) is 8.60. The highest BCUT2D eigenvalue weighted by molar-refractivity contribution is 6.30. The van der Waals surface area contributed by atoms with Crippen LogP contribution in [0.1, 0.15) is 54.4 Å². The number of carbonyl (C=O) groups excluding carboxylic acids is 2. The molecule has 0 aliphatic heterocycles. The summed E-state index contributed by atoms with van der Waals surface area (Å²) in [5.74, 6) is -0.602. The van der Waals surface area contributed by atoms with Crippen LogP contribution in [0.15, 0.2) is 18.2 Å². The van der Waals surface area contributed by atoms with E-state index < -0.39 is 17.5 Å². The van der Waals surface area contributed by atoms with Gasteiger partial charge in [-0.1, -0.05) is 11.6 Å². The molecule has 0 atom stereocenters. The van der Waals surface area contributed by atoms with Gasteiger partial charge in [0.05, 0.1) is 5.56 Å². The second kappa shape index (κ2) is 8.86. The van der Waals surface area contributed by atoms with Crippen LogP contribution in [0.4, 0.5) is 13.2 Å². The highest BCUT2D eigenvalue weighted by Gasteiger charge is 2.36. The lowest BCUT2D eigenvalue weighted by Crippen LogP contribution is -2.38. The lowest BCUT2D eigenvalue weighted by atomic mass is 9.82. The van der Waals surface area contributed by atoms with Crippen molar-refractivity contribution in [3.05, 3.63) is 34.3 Å². The average molecular weight is 391 g/mol. The summed E-state index contributed by atoms with van der Waals surface area (Å²) in [5, 5.41) is 2.84. The molecule has 2 rings (SSSR count). The third-order valence-electron chi connectivity index (χ3n) is 4.64. The van der Waals surface area contributed by atoms with Crippen LogP contribution in [-0.2, 0) is 11.0 Å². The number of hydrogen-bond donors (Lipinski definition) is 2. The number of hydrogen-bond acceptors (Lipinski definition) is 3. The van der Waals surface area contributed by atoms with Crippen molar-refractivity contribution in [3.8, 4) is 0 Å². The molecule has 0 aromatic heterocycles. The van der Waals surface area contributed by atoms with Crippen LogP contribution in [-0.4, -0.2) is 24.3 Å². The van der Waals surface area contributed by atoms with E-state index in [9.17, 15) is 22.8 Å². The Hall–Kier alpha value is -1.60. The van der Waals surface area contributed by atoms with Gasteiger partial charge in [0.2, 0.25) is 5.91 Å². The van der Waals surface area contributed by atoms with Crippen LogP contribution < -0.4 is 11.1 Å². The first-order valence-corrected chi connectivity index (χ1v) is 8.98. The predicted molar refractivity (Wildman–Crippen MR) is 93.0 cm³/mol. The molecule has 0 unspecified atom stereocenters. The van der Waals surface area contributed by atoms with Crippen molar-refractivity contribution in [2.75, 3.05) is 6.54 Å². The molecule has 1 aromatic rings. The number of rotatable bonds is 6. The highest BCUT2D eigenvalue weighted by atomic mass is 35.5. The summed E-state index contributed by atoms with van der Waals surface area (Å²) in [7, 11) is 0. The fraction of sp³-hybridized carbons (Fsp3) is 0.556. The predicted octanol–water partition coefficient (Wildman–Crippen LogP) is 3.96. The van der Waals surface area contributed by atoms with Crippen LogP contribution in [0.2, 0.25) is 5.02 Å². The zero-order valence-electron chi connectivity index (χ0n) is 14.2. The first kappa shape index (κ1) is 20.7. The molecule has 1 amide bonds. The van der Waals surface area contributed by atoms with Crippen LogP contribution in [0, 0.1) is 5.92 Å². The van der Waals surface area contributed by atoms with Crippen molar-refractivity contribution in [1.82, 2.24) is 5.32 Å². The zero-order chi connectivity index (χ0) is 19.3. The quantitative estimate of drug-likeness (QED) is 0.722. The Balaban J connectivity index is 1.95. The van der Waals surface area contributed by atoms with Crippen LogP contribution in [0.3, 0.4) is 0 Å². The maximum absolute atomic E-state index is 13.1. The molecule has 144 valence electrons. The van der Waals surface area contributed by atoms with Gasteiger partial charge in [0.15, 0.2) is 5.78 Å². The van der Waals surface area contributed by atoms with E-state index >= 15 is 0 Å². The second-order valence-electron chi connectivity index (χ2n) is 6.64. The normalized spacial score (nSPS) is 20.7. The Bertz CT molecular complexity index is 656. The summed E-state index contributed by atoms with van der Waals surface area (Å²) in [6.45, 7) is 0.290. The van der Waals surface area contributed by atoms with Crippen molar-refractivity contribution in [3.63, 3.8) is 0 Å². The summed E-state index contributed by atoms with van der Waals surface area (Å²) in [4.78, 5) is 24.0. The number of benzene rings is 1. The van der Waals surface area contributed by atoms with Crippen LogP contribution in [0.5, 0.6) is 0 Å². The number of nitrogens with one attached hydrogen (secondary N) is 1. The Morgan fingerprint density at radius 2 is 1.85 bits per heavy atom. The number of Topliss-reactive ketones (excluding diaryl/α,β-unsaturated/α-hetero) is 1. The molecule has 1 aliphatic rings. The van der Waals surface area contributed by atoms with Crippen molar-refractivity contribution >= 4 is 23.3 Å². The number of amides is 1. The third kappa shape index (κ3) is 5.71.